The van der Waals surface area contributed by atoms with Gasteiger partial charge in [0.25, 0.3) is 0 Å². The van der Waals surface area contributed by atoms with Gasteiger partial charge in [-0.3, -0.25) is 4.79 Å². The zero-order valence-electron chi connectivity index (χ0n) is 15.5. The van der Waals surface area contributed by atoms with Crippen LogP contribution >= 0.6 is 11.8 Å². The fourth-order valence-electron chi connectivity index (χ4n) is 3.05. The summed E-state index contributed by atoms with van der Waals surface area (Å²) >= 11 is 1.47. The van der Waals surface area contributed by atoms with E-state index < -0.39 is 0 Å². The number of thioether (sulfide) groups is 1. The van der Waals surface area contributed by atoms with Gasteiger partial charge in [0, 0.05) is 31.1 Å². The van der Waals surface area contributed by atoms with Crippen LogP contribution in [-0.4, -0.2) is 57.0 Å². The minimum absolute atomic E-state index is 0.0861. The van der Waals surface area contributed by atoms with Crippen molar-refractivity contribution in [3.05, 3.63) is 48.3 Å². The van der Waals surface area contributed by atoms with Crippen molar-refractivity contribution in [3.8, 4) is 11.5 Å². The van der Waals surface area contributed by atoms with Crippen LogP contribution in [0.5, 0.6) is 11.5 Å². The maximum Gasteiger partial charge on any atom is 0.233 e. The first kappa shape index (κ1) is 19.4. The van der Waals surface area contributed by atoms with E-state index in [9.17, 15) is 9.18 Å². The SMILES string of the molecule is COc1ccc(SCC(=O)N2CCN(c3ccccc3F)CC2)cc1OC. The van der Waals surface area contributed by atoms with Crippen molar-refractivity contribution in [1.82, 2.24) is 4.90 Å². The van der Waals surface area contributed by atoms with Gasteiger partial charge in [-0.15, -0.1) is 11.8 Å². The molecule has 1 heterocycles. The van der Waals surface area contributed by atoms with Gasteiger partial charge >= 0.3 is 0 Å². The Labute approximate surface area is 163 Å². The first-order valence-corrected chi connectivity index (χ1v) is 9.73. The molecule has 2 aromatic rings. The van der Waals surface area contributed by atoms with E-state index in [0.717, 1.165) is 4.90 Å². The van der Waals surface area contributed by atoms with Crippen LogP contribution in [0.2, 0.25) is 0 Å². The second-order valence-electron chi connectivity index (χ2n) is 6.12. The molecular formula is C20H23FN2O3S. The number of amides is 1. The summed E-state index contributed by atoms with van der Waals surface area (Å²) in [4.78, 5) is 17.3. The number of carbonyl (C=O) groups excluding carboxylic acids is 1. The van der Waals surface area contributed by atoms with Crippen LogP contribution in [0.25, 0.3) is 0 Å². The van der Waals surface area contributed by atoms with E-state index in [4.69, 9.17) is 9.47 Å². The van der Waals surface area contributed by atoms with Gasteiger partial charge in [-0.2, -0.15) is 0 Å². The number of methoxy groups -OCH3 is 2. The molecule has 144 valence electrons. The van der Waals surface area contributed by atoms with Crippen molar-refractivity contribution in [2.24, 2.45) is 0 Å². The molecule has 1 saturated heterocycles. The molecule has 1 fully saturated rings. The second-order valence-corrected chi connectivity index (χ2v) is 7.17. The first-order chi connectivity index (χ1) is 13.1. The van der Waals surface area contributed by atoms with Gasteiger partial charge in [-0.1, -0.05) is 12.1 Å². The van der Waals surface area contributed by atoms with E-state index in [0.29, 0.717) is 49.1 Å². The highest BCUT2D eigenvalue weighted by Crippen LogP contribution is 2.32. The predicted molar refractivity (Wildman–Crippen MR) is 105 cm³/mol. The van der Waals surface area contributed by atoms with Gasteiger partial charge in [-0.05, 0) is 30.3 Å². The molecule has 5 nitrogen and oxygen atoms in total. The summed E-state index contributed by atoms with van der Waals surface area (Å²) in [5.74, 6) is 1.53. The lowest BCUT2D eigenvalue weighted by atomic mass is 10.2. The predicted octanol–water partition coefficient (Wildman–Crippen LogP) is 3.28. The Hall–Kier alpha value is -2.41. The number of anilines is 1. The second kappa shape index (κ2) is 8.99. The molecule has 0 N–H and O–H groups in total. The Balaban J connectivity index is 1.52. The lowest BCUT2D eigenvalue weighted by molar-refractivity contribution is -0.128. The highest BCUT2D eigenvalue weighted by atomic mass is 32.2. The number of ether oxygens (including phenoxy) is 2. The van der Waals surface area contributed by atoms with E-state index in [1.165, 1.54) is 17.8 Å². The summed E-state index contributed by atoms with van der Waals surface area (Å²) in [5.41, 5.74) is 0.601. The van der Waals surface area contributed by atoms with Crippen molar-refractivity contribution in [2.45, 2.75) is 4.90 Å². The van der Waals surface area contributed by atoms with Crippen molar-refractivity contribution in [3.63, 3.8) is 0 Å². The largest absolute Gasteiger partial charge is 0.493 e. The molecule has 0 atom stereocenters. The molecule has 0 saturated carbocycles. The van der Waals surface area contributed by atoms with E-state index >= 15 is 0 Å². The van der Waals surface area contributed by atoms with Crippen LogP contribution < -0.4 is 14.4 Å². The molecule has 27 heavy (non-hydrogen) atoms. The molecule has 1 aliphatic heterocycles. The number of hydrogen-bond acceptors (Lipinski definition) is 5. The molecule has 0 bridgehead atoms. The van der Waals surface area contributed by atoms with Crippen LogP contribution in [0.15, 0.2) is 47.4 Å². The Morgan fingerprint density at radius 2 is 1.74 bits per heavy atom. The summed E-state index contributed by atoms with van der Waals surface area (Å²) in [7, 11) is 3.18. The van der Waals surface area contributed by atoms with Crippen molar-refractivity contribution in [2.75, 3.05) is 51.1 Å². The molecule has 0 unspecified atom stereocenters. The lowest BCUT2D eigenvalue weighted by Gasteiger charge is -2.36. The van der Waals surface area contributed by atoms with Crippen molar-refractivity contribution in [1.29, 1.82) is 0 Å². The summed E-state index contributed by atoms with van der Waals surface area (Å²) < 4.78 is 24.4. The standard InChI is InChI=1S/C20H23FN2O3S/c1-25-18-8-7-15(13-19(18)26-2)27-14-20(24)23-11-9-22(10-12-23)17-6-4-3-5-16(17)21/h3-8,13H,9-12,14H2,1-2H3. The average Bonchev–Trinajstić information content (AvgIpc) is 2.72. The maximum absolute atomic E-state index is 13.9. The van der Waals surface area contributed by atoms with Gasteiger partial charge in [-0.25, -0.2) is 4.39 Å². The van der Waals surface area contributed by atoms with E-state index in [-0.39, 0.29) is 11.7 Å². The Bertz CT molecular complexity index is 795. The molecule has 0 radical (unpaired) electrons. The fraction of sp³-hybridized carbons (Fsp3) is 0.350. The topological polar surface area (TPSA) is 42.0 Å². The zero-order chi connectivity index (χ0) is 19.2. The monoisotopic (exact) mass is 390 g/mol. The maximum atomic E-state index is 13.9. The molecule has 7 heteroatoms. The molecule has 1 aliphatic rings. The summed E-state index contributed by atoms with van der Waals surface area (Å²) in [6.07, 6.45) is 0. The third-order valence-electron chi connectivity index (χ3n) is 4.54. The molecule has 0 aliphatic carbocycles. The molecule has 1 amide bonds. The van der Waals surface area contributed by atoms with Crippen LogP contribution in [0.3, 0.4) is 0 Å². The third-order valence-corrected chi connectivity index (χ3v) is 5.52. The Morgan fingerprint density at radius 3 is 2.41 bits per heavy atom. The molecule has 3 rings (SSSR count). The van der Waals surface area contributed by atoms with Crippen LogP contribution in [0, 0.1) is 5.82 Å². The first-order valence-electron chi connectivity index (χ1n) is 8.74. The Kier molecular flexibility index (Phi) is 6.45. The summed E-state index contributed by atoms with van der Waals surface area (Å²) in [5, 5.41) is 0. The van der Waals surface area contributed by atoms with Crippen LogP contribution in [-0.2, 0) is 4.79 Å². The van der Waals surface area contributed by atoms with Gasteiger partial charge in [0.15, 0.2) is 11.5 Å². The smallest absolute Gasteiger partial charge is 0.233 e. The minimum atomic E-state index is -0.221. The van der Waals surface area contributed by atoms with Gasteiger partial charge < -0.3 is 19.3 Å². The molecule has 2 aromatic carbocycles. The van der Waals surface area contributed by atoms with Crippen LogP contribution in [0.1, 0.15) is 0 Å². The number of benzene rings is 2. The van der Waals surface area contributed by atoms with E-state index in [1.807, 2.05) is 34.1 Å². The number of nitrogens with zero attached hydrogens (tertiary/aromatic N) is 2. The zero-order valence-corrected chi connectivity index (χ0v) is 16.3. The van der Waals surface area contributed by atoms with E-state index in [1.54, 1.807) is 26.4 Å². The number of rotatable bonds is 6. The summed E-state index contributed by atoms with van der Waals surface area (Å²) in [6.45, 7) is 2.46. The molecular weight excluding hydrogens is 367 g/mol. The fourth-order valence-corrected chi connectivity index (χ4v) is 3.87. The van der Waals surface area contributed by atoms with Gasteiger partial charge in [0.1, 0.15) is 5.82 Å². The number of para-hydroxylation sites is 1. The van der Waals surface area contributed by atoms with E-state index in [2.05, 4.69) is 0 Å². The lowest BCUT2D eigenvalue weighted by Crippen LogP contribution is -2.49. The average molecular weight is 390 g/mol. The van der Waals surface area contributed by atoms with Gasteiger partial charge in [0.2, 0.25) is 5.91 Å². The highest BCUT2D eigenvalue weighted by Gasteiger charge is 2.22. The molecule has 0 aromatic heterocycles. The summed E-state index contributed by atoms with van der Waals surface area (Å²) in [6, 6.07) is 12.4. The molecule has 0 spiro atoms. The number of hydrogen-bond donors (Lipinski definition) is 0. The number of piperazine rings is 1. The van der Waals surface area contributed by atoms with Gasteiger partial charge in [0.05, 0.1) is 25.7 Å². The van der Waals surface area contributed by atoms with Crippen molar-refractivity contribution >= 4 is 23.4 Å². The number of halogens is 1. The minimum Gasteiger partial charge on any atom is -0.493 e. The van der Waals surface area contributed by atoms with Crippen LogP contribution in [0.4, 0.5) is 10.1 Å². The third kappa shape index (κ3) is 4.66. The normalized spacial score (nSPS) is 14.2. The quantitative estimate of drug-likeness (QED) is 0.708. The highest BCUT2D eigenvalue weighted by molar-refractivity contribution is 8.00. The number of carbonyl (C=O) groups is 1. The van der Waals surface area contributed by atoms with Crippen molar-refractivity contribution < 1.29 is 18.7 Å². The Morgan fingerprint density at radius 1 is 1.04 bits per heavy atom.